The fourth-order valence-electron chi connectivity index (χ4n) is 1.76. The van der Waals surface area contributed by atoms with Crippen LogP contribution in [0.4, 0.5) is 0 Å². The molecule has 122 valence electrons. The third-order valence-electron chi connectivity index (χ3n) is 2.71. The molecule has 1 aromatic rings. The number of Topliss-reactive ketones (excluding diaryl/α,β-unsaturated/α-hetero) is 1. The quantitative estimate of drug-likeness (QED) is 0.391. The smallest absolute Gasteiger partial charge is 0.339 e. The van der Waals surface area contributed by atoms with Crippen LogP contribution in [0.2, 0.25) is 0 Å². The van der Waals surface area contributed by atoms with Gasteiger partial charge in [-0.25, -0.2) is 9.59 Å². The minimum Gasteiger partial charge on any atom is -0.478 e. The van der Waals surface area contributed by atoms with Crippen molar-refractivity contribution in [2.45, 2.75) is 33.3 Å². The molecule has 0 radical (unpaired) electrons. The molecule has 1 aromatic carbocycles. The molecule has 0 aliphatic carbocycles. The van der Waals surface area contributed by atoms with E-state index in [1.165, 1.54) is 25.2 Å². The fourth-order valence-corrected chi connectivity index (χ4v) is 1.76. The number of ketones is 1. The summed E-state index contributed by atoms with van der Waals surface area (Å²) in [6, 6.07) is 6.85. The second-order valence-electron chi connectivity index (χ2n) is 5.92. The Bertz CT molecular complexity index is 659. The van der Waals surface area contributed by atoms with Crippen LogP contribution in [-0.4, -0.2) is 28.4 Å². The van der Waals surface area contributed by atoms with Gasteiger partial charge in [0.05, 0.1) is 0 Å². The molecule has 0 saturated carbocycles. The Labute approximate surface area is 135 Å². The molecule has 5 nitrogen and oxygen atoms in total. The molecule has 0 atom stereocenters. The van der Waals surface area contributed by atoms with E-state index >= 15 is 0 Å². The van der Waals surface area contributed by atoms with Gasteiger partial charge in [-0.05, 0) is 51.0 Å². The molecule has 0 bridgehead atoms. The maximum absolute atomic E-state index is 11.7. The van der Waals surface area contributed by atoms with E-state index in [1.807, 2.05) is 0 Å². The Hall–Kier alpha value is -2.69. The first-order valence-electron chi connectivity index (χ1n) is 7.06. The van der Waals surface area contributed by atoms with E-state index < -0.39 is 23.3 Å². The van der Waals surface area contributed by atoms with Crippen molar-refractivity contribution in [2.75, 3.05) is 0 Å². The highest BCUT2D eigenvalue weighted by molar-refractivity contribution is 6.19. The van der Waals surface area contributed by atoms with E-state index in [4.69, 9.17) is 9.84 Å². The fraction of sp³-hybridized carbons (Fsp3) is 0.278. The van der Waals surface area contributed by atoms with Gasteiger partial charge in [-0.1, -0.05) is 24.3 Å². The first-order valence-corrected chi connectivity index (χ1v) is 7.06. The Kier molecular flexibility index (Phi) is 6.02. The van der Waals surface area contributed by atoms with E-state index in [-0.39, 0.29) is 5.57 Å². The average molecular weight is 316 g/mol. The van der Waals surface area contributed by atoms with Gasteiger partial charge in [0.25, 0.3) is 0 Å². The highest BCUT2D eigenvalue weighted by Gasteiger charge is 2.15. The van der Waals surface area contributed by atoms with Gasteiger partial charge >= 0.3 is 11.9 Å². The predicted octanol–water partition coefficient (Wildman–Crippen LogP) is 3.10. The molecule has 0 aromatic heterocycles. The van der Waals surface area contributed by atoms with E-state index in [0.717, 1.165) is 0 Å². The summed E-state index contributed by atoms with van der Waals surface area (Å²) in [5.41, 5.74) is 0.229. The topological polar surface area (TPSA) is 80.7 Å². The summed E-state index contributed by atoms with van der Waals surface area (Å²) in [6.45, 7) is 6.49. The molecular weight excluding hydrogens is 296 g/mol. The standard InChI is InChI=1S/C18H20O5/c1-12(19)15(17(21)22)11-14-8-6-5-7-13(14)9-10-16(20)23-18(2,3)4/h5-11H,1-4H3,(H,21,22). The monoisotopic (exact) mass is 316 g/mol. The molecule has 0 spiro atoms. The summed E-state index contributed by atoms with van der Waals surface area (Å²) < 4.78 is 5.17. The Morgan fingerprint density at radius 2 is 1.65 bits per heavy atom. The normalized spacial score (nSPS) is 12.3. The third-order valence-corrected chi connectivity index (χ3v) is 2.71. The number of aliphatic carboxylic acids is 1. The number of hydrogen-bond donors (Lipinski definition) is 1. The molecule has 0 aliphatic heterocycles. The summed E-state index contributed by atoms with van der Waals surface area (Å²) in [6.07, 6.45) is 4.09. The number of benzene rings is 1. The first kappa shape index (κ1) is 18.4. The van der Waals surface area contributed by atoms with Crippen LogP contribution in [-0.2, 0) is 19.1 Å². The van der Waals surface area contributed by atoms with Crippen LogP contribution >= 0.6 is 0 Å². The van der Waals surface area contributed by atoms with Crippen molar-refractivity contribution in [2.24, 2.45) is 0 Å². The van der Waals surface area contributed by atoms with E-state index in [1.54, 1.807) is 45.0 Å². The summed E-state index contributed by atoms with van der Waals surface area (Å²) in [4.78, 5) is 34.2. The molecule has 0 aliphatic rings. The lowest BCUT2D eigenvalue weighted by Crippen LogP contribution is -2.22. The highest BCUT2D eigenvalue weighted by Crippen LogP contribution is 2.16. The first-order chi connectivity index (χ1) is 10.6. The van der Waals surface area contributed by atoms with Crippen LogP contribution in [0.5, 0.6) is 0 Å². The van der Waals surface area contributed by atoms with Crippen molar-refractivity contribution >= 4 is 29.9 Å². The number of carboxylic acids is 1. The molecule has 23 heavy (non-hydrogen) atoms. The van der Waals surface area contributed by atoms with E-state index in [9.17, 15) is 14.4 Å². The number of ether oxygens (including phenoxy) is 1. The Balaban J connectivity index is 3.12. The van der Waals surface area contributed by atoms with Crippen molar-refractivity contribution in [3.8, 4) is 0 Å². The van der Waals surface area contributed by atoms with Gasteiger partial charge in [0.2, 0.25) is 0 Å². The van der Waals surface area contributed by atoms with Crippen LogP contribution in [0.15, 0.2) is 35.9 Å². The lowest BCUT2D eigenvalue weighted by molar-refractivity contribution is -0.148. The van der Waals surface area contributed by atoms with Gasteiger partial charge in [0.1, 0.15) is 11.2 Å². The molecular formula is C18H20O5. The van der Waals surface area contributed by atoms with Crippen LogP contribution < -0.4 is 0 Å². The van der Waals surface area contributed by atoms with Crippen LogP contribution in [0.3, 0.4) is 0 Å². The Morgan fingerprint density at radius 1 is 1.09 bits per heavy atom. The van der Waals surface area contributed by atoms with Crippen LogP contribution in [0.1, 0.15) is 38.8 Å². The van der Waals surface area contributed by atoms with Crippen molar-refractivity contribution in [1.82, 2.24) is 0 Å². The highest BCUT2D eigenvalue weighted by atomic mass is 16.6. The summed E-state index contributed by atoms with van der Waals surface area (Å²) in [5.74, 6) is -2.33. The minimum absolute atomic E-state index is 0.317. The SMILES string of the molecule is CC(=O)C(=Cc1ccccc1C=CC(=O)OC(C)(C)C)C(=O)O. The number of hydrogen-bond acceptors (Lipinski definition) is 4. The number of rotatable bonds is 5. The van der Waals surface area contributed by atoms with Crippen LogP contribution in [0, 0.1) is 0 Å². The summed E-state index contributed by atoms with van der Waals surface area (Å²) >= 11 is 0. The van der Waals surface area contributed by atoms with E-state index in [0.29, 0.717) is 11.1 Å². The molecule has 0 fully saturated rings. The third kappa shape index (κ3) is 6.30. The van der Waals surface area contributed by atoms with Crippen molar-refractivity contribution in [3.63, 3.8) is 0 Å². The number of carboxylic acid groups (broad SMARTS) is 1. The summed E-state index contributed by atoms with van der Waals surface area (Å²) in [5, 5.41) is 9.06. The predicted molar refractivity (Wildman–Crippen MR) is 87.6 cm³/mol. The van der Waals surface area contributed by atoms with Gasteiger partial charge in [0, 0.05) is 6.08 Å². The molecule has 5 heteroatoms. The van der Waals surface area contributed by atoms with E-state index in [2.05, 4.69) is 0 Å². The summed E-state index contributed by atoms with van der Waals surface area (Å²) in [7, 11) is 0. The van der Waals surface area contributed by atoms with Crippen molar-refractivity contribution in [1.29, 1.82) is 0 Å². The molecule has 0 heterocycles. The van der Waals surface area contributed by atoms with Gasteiger partial charge < -0.3 is 9.84 Å². The van der Waals surface area contributed by atoms with Crippen molar-refractivity contribution < 1.29 is 24.2 Å². The zero-order valence-electron chi connectivity index (χ0n) is 13.6. The van der Waals surface area contributed by atoms with Gasteiger partial charge in [-0.2, -0.15) is 0 Å². The van der Waals surface area contributed by atoms with Gasteiger partial charge in [-0.15, -0.1) is 0 Å². The maximum atomic E-state index is 11.7. The number of esters is 1. The molecule has 0 amide bonds. The lowest BCUT2D eigenvalue weighted by atomic mass is 10.0. The second kappa shape index (κ2) is 7.54. The van der Waals surface area contributed by atoms with Crippen LogP contribution in [0.25, 0.3) is 12.2 Å². The molecule has 1 rings (SSSR count). The molecule has 0 unspecified atom stereocenters. The number of carbonyl (C=O) groups is 3. The largest absolute Gasteiger partial charge is 0.478 e. The zero-order chi connectivity index (χ0) is 17.6. The molecule has 1 N–H and O–H groups in total. The number of carbonyl (C=O) groups excluding carboxylic acids is 2. The zero-order valence-corrected chi connectivity index (χ0v) is 13.6. The van der Waals surface area contributed by atoms with Crippen molar-refractivity contribution in [3.05, 3.63) is 47.0 Å². The molecule has 0 saturated heterocycles. The van der Waals surface area contributed by atoms with Gasteiger partial charge in [-0.3, -0.25) is 4.79 Å². The average Bonchev–Trinajstić information content (AvgIpc) is 2.40. The maximum Gasteiger partial charge on any atom is 0.339 e. The Morgan fingerprint density at radius 3 is 2.13 bits per heavy atom. The second-order valence-corrected chi connectivity index (χ2v) is 5.92. The van der Waals surface area contributed by atoms with Gasteiger partial charge in [0.15, 0.2) is 5.78 Å². The lowest BCUT2D eigenvalue weighted by Gasteiger charge is -2.17. The minimum atomic E-state index is -1.29.